The SMILES string of the molecule is Cc1ccc(NC(=O)C2CC(=O)N(c3cccc(F)c3)C2)cc1. The first-order valence-electron chi connectivity index (χ1n) is 7.46. The van der Waals surface area contributed by atoms with Crippen LogP contribution in [0.3, 0.4) is 0 Å². The van der Waals surface area contributed by atoms with E-state index in [0.717, 1.165) is 5.56 Å². The summed E-state index contributed by atoms with van der Waals surface area (Å²) in [5.74, 6) is -1.20. The molecule has 1 unspecified atom stereocenters. The van der Waals surface area contributed by atoms with Gasteiger partial charge in [-0.3, -0.25) is 9.59 Å². The number of hydrogen-bond donors (Lipinski definition) is 1. The first-order chi connectivity index (χ1) is 11.0. The molecule has 23 heavy (non-hydrogen) atoms. The van der Waals surface area contributed by atoms with Crippen molar-refractivity contribution in [1.29, 1.82) is 0 Å². The Morgan fingerprint density at radius 2 is 1.96 bits per heavy atom. The molecule has 1 atom stereocenters. The maximum Gasteiger partial charge on any atom is 0.229 e. The van der Waals surface area contributed by atoms with Gasteiger partial charge in [-0.2, -0.15) is 0 Å². The van der Waals surface area contributed by atoms with Crippen molar-refractivity contribution >= 4 is 23.2 Å². The molecule has 1 N–H and O–H groups in total. The van der Waals surface area contributed by atoms with Gasteiger partial charge in [-0.05, 0) is 37.3 Å². The molecule has 118 valence electrons. The topological polar surface area (TPSA) is 49.4 Å². The smallest absolute Gasteiger partial charge is 0.229 e. The zero-order chi connectivity index (χ0) is 16.4. The molecule has 2 aromatic rings. The molecule has 4 nitrogen and oxygen atoms in total. The lowest BCUT2D eigenvalue weighted by molar-refractivity contribution is -0.122. The van der Waals surface area contributed by atoms with Crippen LogP contribution in [-0.4, -0.2) is 18.4 Å². The van der Waals surface area contributed by atoms with Crippen molar-refractivity contribution < 1.29 is 14.0 Å². The molecule has 0 spiro atoms. The van der Waals surface area contributed by atoms with E-state index in [0.29, 0.717) is 11.4 Å². The molecule has 2 amide bonds. The fourth-order valence-electron chi connectivity index (χ4n) is 2.66. The summed E-state index contributed by atoms with van der Waals surface area (Å²) in [5, 5.41) is 2.82. The van der Waals surface area contributed by atoms with Crippen molar-refractivity contribution in [3.63, 3.8) is 0 Å². The molecular formula is C18H17FN2O2. The Morgan fingerprint density at radius 1 is 1.22 bits per heavy atom. The second kappa shape index (κ2) is 6.20. The van der Waals surface area contributed by atoms with Crippen LogP contribution in [0.2, 0.25) is 0 Å². The van der Waals surface area contributed by atoms with Crippen LogP contribution in [0.1, 0.15) is 12.0 Å². The molecular weight excluding hydrogens is 295 g/mol. The molecule has 1 aliphatic heterocycles. The number of anilines is 2. The summed E-state index contributed by atoms with van der Waals surface area (Å²) in [4.78, 5) is 25.9. The van der Waals surface area contributed by atoms with Crippen molar-refractivity contribution in [2.45, 2.75) is 13.3 Å². The summed E-state index contributed by atoms with van der Waals surface area (Å²) in [6.07, 6.45) is 0.133. The van der Waals surface area contributed by atoms with Crippen LogP contribution in [0, 0.1) is 18.7 Å². The van der Waals surface area contributed by atoms with Gasteiger partial charge in [-0.1, -0.05) is 23.8 Å². The van der Waals surface area contributed by atoms with E-state index >= 15 is 0 Å². The molecule has 1 saturated heterocycles. The zero-order valence-electron chi connectivity index (χ0n) is 12.8. The van der Waals surface area contributed by atoms with Gasteiger partial charge >= 0.3 is 0 Å². The van der Waals surface area contributed by atoms with E-state index in [1.165, 1.54) is 17.0 Å². The summed E-state index contributed by atoms with van der Waals surface area (Å²) >= 11 is 0. The minimum absolute atomic E-state index is 0.133. The highest BCUT2D eigenvalue weighted by molar-refractivity contribution is 6.03. The Labute approximate surface area is 133 Å². The molecule has 0 aliphatic carbocycles. The molecule has 0 radical (unpaired) electrons. The average molecular weight is 312 g/mol. The van der Waals surface area contributed by atoms with Crippen LogP contribution >= 0.6 is 0 Å². The number of nitrogens with one attached hydrogen (secondary N) is 1. The number of hydrogen-bond acceptors (Lipinski definition) is 2. The Kier molecular flexibility index (Phi) is 4.10. The average Bonchev–Trinajstić information content (AvgIpc) is 2.92. The molecule has 3 rings (SSSR count). The van der Waals surface area contributed by atoms with Gasteiger partial charge in [0, 0.05) is 24.3 Å². The van der Waals surface area contributed by atoms with Crippen molar-refractivity contribution in [2.24, 2.45) is 5.92 Å². The first-order valence-corrected chi connectivity index (χ1v) is 7.46. The van der Waals surface area contributed by atoms with E-state index < -0.39 is 11.7 Å². The maximum atomic E-state index is 13.3. The van der Waals surface area contributed by atoms with E-state index in [2.05, 4.69) is 5.32 Å². The lowest BCUT2D eigenvalue weighted by Crippen LogP contribution is -2.28. The Bertz CT molecular complexity index is 743. The van der Waals surface area contributed by atoms with Crippen LogP contribution in [-0.2, 0) is 9.59 Å². The number of carbonyl (C=O) groups is 2. The number of aryl methyl sites for hydroxylation is 1. The first kappa shape index (κ1) is 15.2. The lowest BCUT2D eigenvalue weighted by atomic mass is 10.1. The molecule has 1 aliphatic rings. The van der Waals surface area contributed by atoms with Crippen LogP contribution < -0.4 is 10.2 Å². The van der Waals surface area contributed by atoms with Crippen molar-refractivity contribution in [1.82, 2.24) is 0 Å². The summed E-state index contributed by atoms with van der Waals surface area (Å²) in [6.45, 7) is 2.23. The van der Waals surface area contributed by atoms with E-state index in [4.69, 9.17) is 0 Å². The van der Waals surface area contributed by atoms with E-state index in [1.807, 2.05) is 31.2 Å². The fraction of sp³-hybridized carbons (Fsp3) is 0.222. The largest absolute Gasteiger partial charge is 0.326 e. The van der Waals surface area contributed by atoms with Crippen molar-refractivity contribution in [3.8, 4) is 0 Å². The molecule has 0 saturated carbocycles. The van der Waals surface area contributed by atoms with E-state index in [-0.39, 0.29) is 24.8 Å². The lowest BCUT2D eigenvalue weighted by Gasteiger charge is -2.16. The molecule has 0 bridgehead atoms. The minimum atomic E-state index is -0.438. The number of nitrogens with zero attached hydrogens (tertiary/aromatic N) is 1. The Morgan fingerprint density at radius 3 is 2.65 bits per heavy atom. The molecule has 0 aromatic heterocycles. The quantitative estimate of drug-likeness (QED) is 0.946. The fourth-order valence-corrected chi connectivity index (χ4v) is 2.66. The summed E-state index contributed by atoms with van der Waals surface area (Å²) < 4.78 is 13.3. The predicted octanol–water partition coefficient (Wildman–Crippen LogP) is 3.13. The Balaban J connectivity index is 1.69. The van der Waals surface area contributed by atoms with Gasteiger partial charge in [-0.15, -0.1) is 0 Å². The second-order valence-corrected chi connectivity index (χ2v) is 5.74. The molecule has 1 fully saturated rings. The van der Waals surface area contributed by atoms with Gasteiger partial charge in [0.15, 0.2) is 0 Å². The predicted molar refractivity (Wildman–Crippen MR) is 86.7 cm³/mol. The third-order valence-corrected chi connectivity index (χ3v) is 3.93. The van der Waals surface area contributed by atoms with Gasteiger partial charge in [0.05, 0.1) is 5.92 Å². The van der Waals surface area contributed by atoms with Gasteiger partial charge < -0.3 is 10.2 Å². The highest BCUT2D eigenvalue weighted by atomic mass is 19.1. The minimum Gasteiger partial charge on any atom is -0.326 e. The second-order valence-electron chi connectivity index (χ2n) is 5.74. The third kappa shape index (κ3) is 3.39. The highest BCUT2D eigenvalue weighted by Crippen LogP contribution is 2.26. The van der Waals surface area contributed by atoms with Crippen molar-refractivity contribution in [2.75, 3.05) is 16.8 Å². The van der Waals surface area contributed by atoms with E-state index in [9.17, 15) is 14.0 Å². The van der Waals surface area contributed by atoms with Crippen molar-refractivity contribution in [3.05, 3.63) is 59.9 Å². The summed E-state index contributed by atoms with van der Waals surface area (Å²) in [5.41, 5.74) is 2.30. The summed E-state index contributed by atoms with van der Waals surface area (Å²) in [6, 6.07) is 13.3. The number of benzene rings is 2. The normalized spacial score (nSPS) is 17.4. The maximum absolute atomic E-state index is 13.3. The monoisotopic (exact) mass is 312 g/mol. The van der Waals surface area contributed by atoms with E-state index in [1.54, 1.807) is 12.1 Å². The number of rotatable bonds is 3. The van der Waals surface area contributed by atoms with Gasteiger partial charge in [0.2, 0.25) is 11.8 Å². The van der Waals surface area contributed by atoms with Crippen LogP contribution in [0.5, 0.6) is 0 Å². The zero-order valence-corrected chi connectivity index (χ0v) is 12.8. The standard InChI is InChI=1S/C18H17FN2O2/c1-12-5-7-15(8-6-12)20-18(23)13-9-17(22)21(11-13)16-4-2-3-14(19)10-16/h2-8,10,13H,9,11H2,1H3,(H,20,23). The van der Waals surface area contributed by atoms with Crippen LogP contribution in [0.15, 0.2) is 48.5 Å². The third-order valence-electron chi connectivity index (χ3n) is 3.93. The molecule has 5 heteroatoms. The van der Waals surface area contributed by atoms with Gasteiger partial charge in [0.1, 0.15) is 5.82 Å². The number of halogens is 1. The van der Waals surface area contributed by atoms with Crippen LogP contribution in [0.25, 0.3) is 0 Å². The summed E-state index contributed by atoms with van der Waals surface area (Å²) in [7, 11) is 0. The van der Waals surface area contributed by atoms with Gasteiger partial charge in [-0.25, -0.2) is 4.39 Å². The molecule has 2 aromatic carbocycles. The van der Waals surface area contributed by atoms with Gasteiger partial charge in [0.25, 0.3) is 0 Å². The van der Waals surface area contributed by atoms with Crippen LogP contribution in [0.4, 0.5) is 15.8 Å². The Hall–Kier alpha value is -2.69. The number of amides is 2. The number of carbonyl (C=O) groups excluding carboxylic acids is 2. The highest BCUT2D eigenvalue weighted by Gasteiger charge is 2.35. The molecule has 1 heterocycles.